The van der Waals surface area contributed by atoms with E-state index in [1.165, 1.54) is 0 Å². The molecule has 0 unspecified atom stereocenters. The van der Waals surface area contributed by atoms with Gasteiger partial charge in [0.1, 0.15) is 0 Å². The molecular formula is C11H19N5O3. The van der Waals surface area contributed by atoms with Crippen LogP contribution in [-0.4, -0.2) is 67.6 Å². The van der Waals surface area contributed by atoms with Gasteiger partial charge >= 0.3 is 12.0 Å². The van der Waals surface area contributed by atoms with Crippen LogP contribution in [0.1, 0.15) is 5.89 Å². The van der Waals surface area contributed by atoms with Crippen molar-refractivity contribution < 1.29 is 13.9 Å². The van der Waals surface area contributed by atoms with Crippen molar-refractivity contribution in [1.29, 1.82) is 0 Å². The van der Waals surface area contributed by atoms with Gasteiger partial charge in [-0.25, -0.2) is 4.79 Å². The van der Waals surface area contributed by atoms with Crippen LogP contribution >= 0.6 is 0 Å². The van der Waals surface area contributed by atoms with E-state index in [0.29, 0.717) is 51.2 Å². The van der Waals surface area contributed by atoms with Crippen LogP contribution in [0.4, 0.5) is 10.8 Å². The summed E-state index contributed by atoms with van der Waals surface area (Å²) in [5.74, 6) is 0.551. The van der Waals surface area contributed by atoms with E-state index < -0.39 is 0 Å². The third-order valence-corrected chi connectivity index (χ3v) is 2.94. The lowest BCUT2D eigenvalue weighted by Gasteiger charge is -2.33. The topological polar surface area (TPSA) is 83.7 Å². The van der Waals surface area contributed by atoms with Crippen molar-refractivity contribution in [2.45, 2.75) is 6.92 Å². The van der Waals surface area contributed by atoms with Crippen molar-refractivity contribution in [3.8, 4) is 0 Å². The Morgan fingerprint density at radius 1 is 1.37 bits per heavy atom. The van der Waals surface area contributed by atoms with Crippen LogP contribution in [0, 0.1) is 6.92 Å². The Morgan fingerprint density at radius 3 is 2.68 bits per heavy atom. The fraction of sp³-hybridized carbons (Fsp3) is 0.727. The van der Waals surface area contributed by atoms with Crippen molar-refractivity contribution in [2.75, 3.05) is 51.3 Å². The summed E-state index contributed by atoms with van der Waals surface area (Å²) in [7, 11) is 1.61. The quantitative estimate of drug-likeness (QED) is 0.766. The van der Waals surface area contributed by atoms with Crippen LogP contribution < -0.4 is 10.2 Å². The molecule has 1 fully saturated rings. The summed E-state index contributed by atoms with van der Waals surface area (Å²) in [6.45, 7) is 5.47. The Bertz CT molecular complexity index is 414. The zero-order chi connectivity index (χ0) is 13.7. The van der Waals surface area contributed by atoms with E-state index in [4.69, 9.17) is 9.15 Å². The number of hydrogen-bond donors (Lipinski definition) is 1. The summed E-state index contributed by atoms with van der Waals surface area (Å²) in [6.07, 6.45) is 0. The number of nitrogens with zero attached hydrogens (tertiary/aromatic N) is 4. The van der Waals surface area contributed by atoms with Gasteiger partial charge in [0.15, 0.2) is 0 Å². The molecule has 2 rings (SSSR count). The van der Waals surface area contributed by atoms with Gasteiger partial charge in [-0.3, -0.25) is 0 Å². The minimum Gasteiger partial charge on any atom is -0.408 e. The van der Waals surface area contributed by atoms with Gasteiger partial charge in [-0.15, -0.1) is 5.10 Å². The van der Waals surface area contributed by atoms with Gasteiger partial charge in [0.25, 0.3) is 0 Å². The Kier molecular flexibility index (Phi) is 4.56. The first-order valence-electron chi connectivity index (χ1n) is 6.27. The van der Waals surface area contributed by atoms with Gasteiger partial charge in [-0.2, -0.15) is 0 Å². The molecule has 1 aromatic rings. The SMILES string of the molecule is COCCNC(=O)N1CCN(c2nnc(C)o2)CC1. The summed E-state index contributed by atoms with van der Waals surface area (Å²) in [5, 5.41) is 10.6. The molecule has 1 N–H and O–H groups in total. The average Bonchev–Trinajstić information content (AvgIpc) is 2.86. The molecule has 0 aromatic carbocycles. The van der Waals surface area contributed by atoms with Crippen LogP contribution in [0.3, 0.4) is 0 Å². The second-order valence-corrected chi connectivity index (χ2v) is 4.30. The predicted octanol–water partition coefficient (Wildman–Crippen LogP) is -0.144. The molecule has 106 valence electrons. The maximum absolute atomic E-state index is 11.8. The Balaban J connectivity index is 1.77. The molecule has 0 atom stereocenters. The van der Waals surface area contributed by atoms with Gasteiger partial charge in [0, 0.05) is 46.8 Å². The molecule has 1 aliphatic heterocycles. The highest BCUT2D eigenvalue weighted by molar-refractivity contribution is 5.74. The number of nitrogens with one attached hydrogen (secondary N) is 1. The highest BCUT2D eigenvalue weighted by Crippen LogP contribution is 2.14. The number of piperazine rings is 1. The third-order valence-electron chi connectivity index (χ3n) is 2.94. The number of hydrogen-bond acceptors (Lipinski definition) is 6. The monoisotopic (exact) mass is 269 g/mol. The standard InChI is InChI=1S/C11H19N5O3/c1-9-13-14-11(19-9)16-6-4-15(5-7-16)10(17)12-3-8-18-2/h3-8H2,1-2H3,(H,12,17). The molecular weight excluding hydrogens is 250 g/mol. The fourth-order valence-corrected chi connectivity index (χ4v) is 1.89. The molecule has 2 amide bonds. The largest absolute Gasteiger partial charge is 0.408 e. The summed E-state index contributed by atoms with van der Waals surface area (Å²) >= 11 is 0. The lowest BCUT2D eigenvalue weighted by atomic mass is 10.3. The number of urea groups is 1. The van der Waals surface area contributed by atoms with Crippen molar-refractivity contribution in [3.63, 3.8) is 0 Å². The van der Waals surface area contributed by atoms with Crippen LogP contribution in [0.25, 0.3) is 0 Å². The van der Waals surface area contributed by atoms with E-state index in [2.05, 4.69) is 15.5 Å². The lowest BCUT2D eigenvalue weighted by Crippen LogP contribution is -2.52. The smallest absolute Gasteiger partial charge is 0.318 e. The molecule has 8 nitrogen and oxygen atoms in total. The summed E-state index contributed by atoms with van der Waals surface area (Å²) in [6, 6.07) is 0.468. The molecule has 2 heterocycles. The predicted molar refractivity (Wildman–Crippen MR) is 68.1 cm³/mol. The van der Waals surface area contributed by atoms with Crippen molar-refractivity contribution in [1.82, 2.24) is 20.4 Å². The Hall–Kier alpha value is -1.83. The van der Waals surface area contributed by atoms with Gasteiger partial charge in [0.2, 0.25) is 5.89 Å². The van der Waals surface area contributed by atoms with E-state index in [9.17, 15) is 4.79 Å². The molecule has 0 spiro atoms. The van der Waals surface area contributed by atoms with Crippen molar-refractivity contribution >= 4 is 12.0 Å². The van der Waals surface area contributed by atoms with E-state index in [-0.39, 0.29) is 6.03 Å². The van der Waals surface area contributed by atoms with Gasteiger partial charge in [0.05, 0.1) is 6.61 Å². The summed E-state index contributed by atoms with van der Waals surface area (Å²) in [4.78, 5) is 15.6. The highest BCUT2D eigenvalue weighted by Gasteiger charge is 2.23. The normalized spacial score (nSPS) is 15.7. The minimum absolute atomic E-state index is 0.0570. The number of methoxy groups -OCH3 is 1. The van der Waals surface area contributed by atoms with E-state index in [1.54, 1.807) is 18.9 Å². The number of carbonyl (C=O) groups is 1. The number of aromatic nitrogens is 2. The number of ether oxygens (including phenoxy) is 1. The van der Waals surface area contributed by atoms with Crippen molar-refractivity contribution in [2.24, 2.45) is 0 Å². The zero-order valence-corrected chi connectivity index (χ0v) is 11.3. The highest BCUT2D eigenvalue weighted by atomic mass is 16.5. The average molecular weight is 269 g/mol. The van der Waals surface area contributed by atoms with Crippen LogP contribution in [0.5, 0.6) is 0 Å². The second kappa shape index (κ2) is 6.37. The molecule has 1 saturated heterocycles. The Morgan fingerprint density at radius 2 is 2.11 bits per heavy atom. The van der Waals surface area contributed by atoms with Crippen molar-refractivity contribution in [3.05, 3.63) is 5.89 Å². The number of aryl methyl sites for hydroxylation is 1. The molecule has 0 aliphatic carbocycles. The molecule has 0 radical (unpaired) electrons. The van der Waals surface area contributed by atoms with E-state index in [1.807, 2.05) is 4.90 Å². The third kappa shape index (κ3) is 3.57. The molecule has 0 bridgehead atoms. The lowest BCUT2D eigenvalue weighted by molar-refractivity contribution is 0.177. The van der Waals surface area contributed by atoms with E-state index >= 15 is 0 Å². The molecule has 1 aromatic heterocycles. The maximum Gasteiger partial charge on any atom is 0.318 e. The first kappa shape index (κ1) is 13.6. The van der Waals surface area contributed by atoms with Gasteiger partial charge in [-0.05, 0) is 0 Å². The second-order valence-electron chi connectivity index (χ2n) is 4.30. The Labute approximate surface area is 111 Å². The van der Waals surface area contributed by atoms with Gasteiger partial charge < -0.3 is 24.3 Å². The van der Waals surface area contributed by atoms with Crippen LogP contribution in [0.15, 0.2) is 4.42 Å². The first-order valence-corrected chi connectivity index (χ1v) is 6.27. The molecule has 19 heavy (non-hydrogen) atoms. The number of amides is 2. The van der Waals surface area contributed by atoms with E-state index in [0.717, 1.165) is 0 Å². The first-order chi connectivity index (χ1) is 9.20. The number of rotatable bonds is 4. The fourth-order valence-electron chi connectivity index (χ4n) is 1.89. The molecule has 1 aliphatic rings. The van der Waals surface area contributed by atoms with Crippen LogP contribution in [0.2, 0.25) is 0 Å². The van der Waals surface area contributed by atoms with Gasteiger partial charge in [-0.1, -0.05) is 5.10 Å². The minimum atomic E-state index is -0.0570. The number of carbonyl (C=O) groups excluding carboxylic acids is 1. The summed E-state index contributed by atoms with van der Waals surface area (Å²) < 4.78 is 10.3. The molecule has 0 saturated carbocycles. The molecule has 8 heteroatoms. The maximum atomic E-state index is 11.8. The number of anilines is 1. The summed E-state index contributed by atoms with van der Waals surface area (Å²) in [5.41, 5.74) is 0. The van der Waals surface area contributed by atoms with Crippen LogP contribution in [-0.2, 0) is 4.74 Å². The zero-order valence-electron chi connectivity index (χ0n) is 11.3.